The SMILES string of the molecule is CC(C)(N)CNS(=O)(=O)c1cccc(F)c1F.Cl. The summed E-state index contributed by atoms with van der Waals surface area (Å²) in [6.45, 7) is 3.14. The molecule has 0 amide bonds. The van der Waals surface area contributed by atoms with Crippen molar-refractivity contribution in [3.63, 3.8) is 0 Å². The molecule has 0 spiro atoms. The molecular formula is C10H15ClF2N2O2S. The van der Waals surface area contributed by atoms with Crippen molar-refractivity contribution in [2.24, 2.45) is 5.73 Å². The molecule has 1 aromatic carbocycles. The summed E-state index contributed by atoms with van der Waals surface area (Å²) in [6.07, 6.45) is 0. The molecule has 1 aromatic rings. The molecule has 0 heterocycles. The number of rotatable bonds is 4. The van der Waals surface area contributed by atoms with E-state index >= 15 is 0 Å². The van der Waals surface area contributed by atoms with Gasteiger partial charge in [0.05, 0.1) is 0 Å². The second-order valence-corrected chi connectivity index (χ2v) is 6.10. The van der Waals surface area contributed by atoms with E-state index in [0.29, 0.717) is 0 Å². The largest absolute Gasteiger partial charge is 0.324 e. The van der Waals surface area contributed by atoms with E-state index in [-0.39, 0.29) is 19.0 Å². The van der Waals surface area contributed by atoms with Crippen LogP contribution in [-0.4, -0.2) is 20.5 Å². The number of hydrogen-bond acceptors (Lipinski definition) is 3. The zero-order valence-corrected chi connectivity index (χ0v) is 11.5. The molecule has 104 valence electrons. The van der Waals surface area contributed by atoms with Crippen LogP contribution < -0.4 is 10.5 Å². The fourth-order valence-electron chi connectivity index (χ4n) is 1.05. The van der Waals surface area contributed by atoms with Crippen LogP contribution in [0.2, 0.25) is 0 Å². The van der Waals surface area contributed by atoms with Gasteiger partial charge in [-0.1, -0.05) is 6.07 Å². The highest BCUT2D eigenvalue weighted by molar-refractivity contribution is 7.89. The van der Waals surface area contributed by atoms with Gasteiger partial charge in [0, 0.05) is 12.1 Å². The van der Waals surface area contributed by atoms with Crippen LogP contribution in [0.1, 0.15) is 13.8 Å². The molecule has 0 unspecified atom stereocenters. The molecule has 4 nitrogen and oxygen atoms in total. The van der Waals surface area contributed by atoms with Gasteiger partial charge in [0.2, 0.25) is 10.0 Å². The molecule has 0 aliphatic heterocycles. The standard InChI is InChI=1S/C10H14F2N2O2S.ClH/c1-10(2,13)6-14-17(15,16)8-5-3-4-7(11)9(8)12;/h3-5,14H,6,13H2,1-2H3;1H. The van der Waals surface area contributed by atoms with E-state index in [4.69, 9.17) is 5.73 Å². The van der Waals surface area contributed by atoms with Crippen LogP contribution in [0.3, 0.4) is 0 Å². The van der Waals surface area contributed by atoms with Crippen molar-refractivity contribution in [2.75, 3.05) is 6.54 Å². The van der Waals surface area contributed by atoms with Crippen LogP contribution in [0, 0.1) is 11.6 Å². The molecule has 0 saturated heterocycles. The summed E-state index contributed by atoms with van der Waals surface area (Å²) < 4.78 is 51.7. The minimum absolute atomic E-state index is 0. The Balaban J connectivity index is 0.00000289. The predicted molar refractivity (Wildman–Crippen MR) is 67.1 cm³/mol. The van der Waals surface area contributed by atoms with Gasteiger partial charge in [-0.2, -0.15) is 0 Å². The van der Waals surface area contributed by atoms with Gasteiger partial charge in [-0.3, -0.25) is 0 Å². The summed E-state index contributed by atoms with van der Waals surface area (Å²) in [5.41, 5.74) is 4.81. The van der Waals surface area contributed by atoms with Gasteiger partial charge in [-0.05, 0) is 26.0 Å². The van der Waals surface area contributed by atoms with E-state index in [9.17, 15) is 17.2 Å². The van der Waals surface area contributed by atoms with Crippen LogP contribution in [-0.2, 0) is 10.0 Å². The molecule has 8 heteroatoms. The maximum Gasteiger partial charge on any atom is 0.243 e. The Bertz CT molecular complexity index is 515. The van der Waals surface area contributed by atoms with Crippen molar-refractivity contribution in [2.45, 2.75) is 24.3 Å². The maximum atomic E-state index is 13.3. The second-order valence-electron chi connectivity index (χ2n) is 4.37. The van der Waals surface area contributed by atoms with E-state index in [2.05, 4.69) is 4.72 Å². The minimum atomic E-state index is -4.09. The van der Waals surface area contributed by atoms with Crippen LogP contribution in [0.15, 0.2) is 23.1 Å². The summed E-state index contributed by atoms with van der Waals surface area (Å²) in [6, 6.07) is 2.96. The molecule has 0 bridgehead atoms. The Hall–Kier alpha value is -0.760. The van der Waals surface area contributed by atoms with Gasteiger partial charge in [0.1, 0.15) is 4.90 Å². The van der Waals surface area contributed by atoms with Gasteiger partial charge in [-0.15, -0.1) is 12.4 Å². The number of halogens is 3. The first-order valence-corrected chi connectivity index (χ1v) is 6.34. The lowest BCUT2D eigenvalue weighted by Gasteiger charge is -2.19. The van der Waals surface area contributed by atoms with Crippen molar-refractivity contribution >= 4 is 22.4 Å². The Morgan fingerprint density at radius 2 is 1.89 bits per heavy atom. The van der Waals surface area contributed by atoms with E-state index in [0.717, 1.165) is 18.2 Å². The van der Waals surface area contributed by atoms with E-state index in [1.807, 2.05) is 0 Å². The molecule has 18 heavy (non-hydrogen) atoms. The number of nitrogens with one attached hydrogen (secondary N) is 1. The third kappa shape index (κ3) is 4.49. The van der Waals surface area contributed by atoms with Crippen molar-refractivity contribution in [3.05, 3.63) is 29.8 Å². The van der Waals surface area contributed by atoms with Crippen molar-refractivity contribution in [1.82, 2.24) is 4.72 Å². The predicted octanol–water partition coefficient (Wildman–Crippen LogP) is 1.40. The number of sulfonamides is 1. The zero-order chi connectivity index (χ0) is 13.3. The first-order valence-electron chi connectivity index (χ1n) is 4.86. The third-order valence-electron chi connectivity index (χ3n) is 1.92. The lowest BCUT2D eigenvalue weighted by Crippen LogP contribution is -2.45. The molecule has 1 rings (SSSR count). The molecule has 0 fully saturated rings. The molecule has 0 aromatic heterocycles. The smallest absolute Gasteiger partial charge is 0.243 e. The highest BCUT2D eigenvalue weighted by Crippen LogP contribution is 2.16. The fourth-order valence-corrected chi connectivity index (χ4v) is 2.36. The molecular weight excluding hydrogens is 286 g/mol. The monoisotopic (exact) mass is 300 g/mol. The van der Waals surface area contributed by atoms with Crippen LogP contribution >= 0.6 is 12.4 Å². The van der Waals surface area contributed by atoms with Crippen molar-refractivity contribution in [3.8, 4) is 0 Å². The zero-order valence-electron chi connectivity index (χ0n) is 9.91. The summed E-state index contributed by atoms with van der Waals surface area (Å²) in [5.74, 6) is -2.60. The maximum absolute atomic E-state index is 13.3. The summed E-state index contributed by atoms with van der Waals surface area (Å²) in [7, 11) is -4.09. The Morgan fingerprint density at radius 1 is 1.33 bits per heavy atom. The van der Waals surface area contributed by atoms with Gasteiger partial charge < -0.3 is 5.73 Å². The topological polar surface area (TPSA) is 72.2 Å². The minimum Gasteiger partial charge on any atom is -0.324 e. The first-order chi connectivity index (χ1) is 7.63. The van der Waals surface area contributed by atoms with Crippen LogP contribution in [0.4, 0.5) is 8.78 Å². The van der Waals surface area contributed by atoms with Crippen LogP contribution in [0.25, 0.3) is 0 Å². The van der Waals surface area contributed by atoms with Gasteiger partial charge in [0.15, 0.2) is 11.6 Å². The highest BCUT2D eigenvalue weighted by Gasteiger charge is 2.23. The van der Waals surface area contributed by atoms with Crippen molar-refractivity contribution in [1.29, 1.82) is 0 Å². The normalized spacial score (nSPS) is 12.1. The first kappa shape index (κ1) is 17.2. The van der Waals surface area contributed by atoms with Gasteiger partial charge in [0.25, 0.3) is 0 Å². The lowest BCUT2D eigenvalue weighted by molar-refractivity contribution is 0.475. The average Bonchev–Trinajstić information content (AvgIpc) is 2.18. The molecule has 0 aliphatic rings. The second kappa shape index (κ2) is 5.92. The summed E-state index contributed by atoms with van der Waals surface area (Å²) in [4.78, 5) is -0.721. The third-order valence-corrected chi connectivity index (χ3v) is 3.34. The Morgan fingerprint density at radius 3 is 2.39 bits per heavy atom. The summed E-state index contributed by atoms with van der Waals surface area (Å²) >= 11 is 0. The molecule has 0 radical (unpaired) electrons. The average molecular weight is 301 g/mol. The highest BCUT2D eigenvalue weighted by atomic mass is 35.5. The summed E-state index contributed by atoms with van der Waals surface area (Å²) in [5, 5.41) is 0. The number of nitrogens with two attached hydrogens (primary N) is 1. The Labute approximate surface area is 111 Å². The van der Waals surface area contributed by atoms with Gasteiger partial charge >= 0.3 is 0 Å². The fraction of sp³-hybridized carbons (Fsp3) is 0.400. The number of hydrogen-bond donors (Lipinski definition) is 2. The molecule has 0 aliphatic carbocycles. The lowest BCUT2D eigenvalue weighted by atomic mass is 10.1. The van der Waals surface area contributed by atoms with Gasteiger partial charge in [-0.25, -0.2) is 21.9 Å². The van der Waals surface area contributed by atoms with E-state index in [1.54, 1.807) is 13.8 Å². The van der Waals surface area contributed by atoms with Crippen molar-refractivity contribution < 1.29 is 17.2 Å². The molecule has 0 saturated carbocycles. The molecule has 0 atom stereocenters. The van der Waals surface area contributed by atoms with E-state index in [1.165, 1.54) is 0 Å². The molecule has 3 N–H and O–H groups in total. The van der Waals surface area contributed by atoms with Crippen LogP contribution in [0.5, 0.6) is 0 Å². The Kier molecular flexibility index (Phi) is 5.67. The van der Waals surface area contributed by atoms with E-state index < -0.39 is 32.1 Å². The quantitative estimate of drug-likeness (QED) is 0.883. The number of benzene rings is 1.